The van der Waals surface area contributed by atoms with Crippen LogP contribution in [0.25, 0.3) is 11.1 Å². The second kappa shape index (κ2) is 8.95. The Bertz CT molecular complexity index is 716. The fourth-order valence-electron chi connectivity index (χ4n) is 3.61. The summed E-state index contributed by atoms with van der Waals surface area (Å²) in [4.78, 5) is 15.3. The van der Waals surface area contributed by atoms with Gasteiger partial charge in [-0.25, -0.2) is 4.68 Å². The number of aromatic nitrogens is 2. The zero-order chi connectivity index (χ0) is 17.5. The molecule has 4 heteroatoms. The summed E-state index contributed by atoms with van der Waals surface area (Å²) in [7, 11) is 0. The first-order valence-electron chi connectivity index (χ1n) is 9.60. The lowest BCUT2D eigenvalue weighted by Gasteiger charge is -2.19. The molecule has 0 spiro atoms. The van der Waals surface area contributed by atoms with E-state index < -0.39 is 0 Å². The van der Waals surface area contributed by atoms with Gasteiger partial charge in [0.05, 0.1) is 11.3 Å². The number of likely N-dealkylation sites (tertiary alicyclic amines) is 1. The van der Waals surface area contributed by atoms with Crippen LogP contribution in [-0.2, 0) is 6.54 Å². The number of unbranched alkanes of at least 4 members (excludes halogenated alkanes) is 1. The van der Waals surface area contributed by atoms with E-state index in [1.54, 1.807) is 4.68 Å². The number of rotatable bonds is 6. The molecule has 0 radical (unpaired) electrons. The van der Waals surface area contributed by atoms with E-state index in [4.69, 9.17) is 0 Å². The van der Waals surface area contributed by atoms with E-state index in [0.29, 0.717) is 6.54 Å². The van der Waals surface area contributed by atoms with E-state index >= 15 is 0 Å². The lowest BCUT2D eigenvalue weighted by Crippen LogP contribution is -2.27. The van der Waals surface area contributed by atoms with E-state index in [1.165, 1.54) is 38.8 Å². The summed E-state index contributed by atoms with van der Waals surface area (Å²) in [6.07, 6.45) is 7.55. The first-order valence-corrected chi connectivity index (χ1v) is 9.60. The monoisotopic (exact) mass is 339 g/mol. The van der Waals surface area contributed by atoms with Crippen LogP contribution in [0.15, 0.2) is 41.2 Å². The van der Waals surface area contributed by atoms with Crippen LogP contribution in [0.4, 0.5) is 0 Å². The lowest BCUT2D eigenvalue weighted by molar-refractivity contribution is 0.275. The van der Waals surface area contributed by atoms with E-state index in [1.807, 2.05) is 43.3 Å². The van der Waals surface area contributed by atoms with Gasteiger partial charge in [-0.2, -0.15) is 5.10 Å². The Morgan fingerprint density at radius 2 is 1.64 bits per heavy atom. The zero-order valence-corrected chi connectivity index (χ0v) is 15.3. The molecular weight excluding hydrogens is 310 g/mol. The number of benzene rings is 1. The Morgan fingerprint density at radius 1 is 0.960 bits per heavy atom. The van der Waals surface area contributed by atoms with Crippen molar-refractivity contribution in [3.63, 3.8) is 0 Å². The second-order valence-corrected chi connectivity index (χ2v) is 7.06. The van der Waals surface area contributed by atoms with E-state index in [0.717, 1.165) is 36.2 Å². The van der Waals surface area contributed by atoms with Crippen LogP contribution in [0, 0.1) is 6.92 Å². The summed E-state index contributed by atoms with van der Waals surface area (Å²) < 4.78 is 1.65. The van der Waals surface area contributed by atoms with Gasteiger partial charge in [-0.05, 0) is 63.9 Å². The highest BCUT2D eigenvalue weighted by Crippen LogP contribution is 2.15. The molecule has 0 atom stereocenters. The number of hydrogen-bond donors (Lipinski definition) is 0. The first-order chi connectivity index (χ1) is 12.2. The molecule has 134 valence electrons. The third-order valence-electron chi connectivity index (χ3n) is 4.97. The zero-order valence-electron chi connectivity index (χ0n) is 15.3. The molecule has 1 aliphatic rings. The SMILES string of the molecule is Cc1cc(-c2ccccc2)c(=O)n(CCCCN2CCCCCC2)n1. The van der Waals surface area contributed by atoms with Crippen LogP contribution >= 0.6 is 0 Å². The number of nitrogens with zero attached hydrogens (tertiary/aromatic N) is 3. The van der Waals surface area contributed by atoms with Gasteiger partial charge in [-0.1, -0.05) is 43.2 Å². The quantitative estimate of drug-likeness (QED) is 0.750. The van der Waals surface area contributed by atoms with Crippen molar-refractivity contribution < 1.29 is 0 Å². The van der Waals surface area contributed by atoms with Crippen molar-refractivity contribution in [2.45, 2.75) is 52.0 Å². The lowest BCUT2D eigenvalue weighted by atomic mass is 10.1. The summed E-state index contributed by atoms with van der Waals surface area (Å²) in [5.41, 5.74) is 2.63. The largest absolute Gasteiger partial charge is 0.303 e. The minimum Gasteiger partial charge on any atom is -0.303 e. The first kappa shape index (κ1) is 17.9. The van der Waals surface area contributed by atoms with Crippen LogP contribution in [0.2, 0.25) is 0 Å². The van der Waals surface area contributed by atoms with Crippen LogP contribution in [0.3, 0.4) is 0 Å². The Balaban J connectivity index is 1.61. The van der Waals surface area contributed by atoms with Gasteiger partial charge in [0.2, 0.25) is 0 Å². The molecule has 1 aliphatic heterocycles. The van der Waals surface area contributed by atoms with Crippen molar-refractivity contribution in [1.29, 1.82) is 0 Å². The summed E-state index contributed by atoms with van der Waals surface area (Å²) in [5.74, 6) is 0. The minimum atomic E-state index is 0.0200. The van der Waals surface area contributed by atoms with Gasteiger partial charge in [0.1, 0.15) is 0 Å². The maximum atomic E-state index is 12.8. The molecule has 1 saturated heterocycles. The third kappa shape index (κ3) is 5.02. The molecule has 0 N–H and O–H groups in total. The third-order valence-corrected chi connectivity index (χ3v) is 4.97. The van der Waals surface area contributed by atoms with Gasteiger partial charge < -0.3 is 4.90 Å². The highest BCUT2D eigenvalue weighted by Gasteiger charge is 2.10. The molecule has 2 aromatic rings. The van der Waals surface area contributed by atoms with Crippen LogP contribution in [0.5, 0.6) is 0 Å². The smallest absolute Gasteiger partial charge is 0.274 e. The Kier molecular flexibility index (Phi) is 6.40. The van der Waals surface area contributed by atoms with Crippen LogP contribution in [-0.4, -0.2) is 34.3 Å². The average molecular weight is 339 g/mol. The summed E-state index contributed by atoms with van der Waals surface area (Å²) in [6.45, 7) is 6.28. The van der Waals surface area contributed by atoms with Crippen molar-refractivity contribution in [2.75, 3.05) is 19.6 Å². The molecular formula is C21H29N3O. The molecule has 1 aromatic carbocycles. The Hall–Kier alpha value is -1.94. The van der Waals surface area contributed by atoms with E-state index in [-0.39, 0.29) is 5.56 Å². The van der Waals surface area contributed by atoms with Gasteiger partial charge in [-0.15, -0.1) is 0 Å². The molecule has 0 saturated carbocycles. The van der Waals surface area contributed by atoms with Gasteiger partial charge in [0.25, 0.3) is 5.56 Å². The highest BCUT2D eigenvalue weighted by molar-refractivity contribution is 5.62. The molecule has 2 heterocycles. The fourth-order valence-corrected chi connectivity index (χ4v) is 3.61. The van der Waals surface area contributed by atoms with Gasteiger partial charge >= 0.3 is 0 Å². The molecule has 25 heavy (non-hydrogen) atoms. The highest BCUT2D eigenvalue weighted by atomic mass is 16.1. The second-order valence-electron chi connectivity index (χ2n) is 7.06. The van der Waals surface area contributed by atoms with Crippen molar-refractivity contribution in [1.82, 2.24) is 14.7 Å². The normalized spacial score (nSPS) is 15.9. The van der Waals surface area contributed by atoms with Gasteiger partial charge in [0, 0.05) is 6.54 Å². The van der Waals surface area contributed by atoms with Crippen LogP contribution < -0.4 is 5.56 Å². The molecule has 0 aliphatic carbocycles. The summed E-state index contributed by atoms with van der Waals surface area (Å²) in [6, 6.07) is 11.8. The topological polar surface area (TPSA) is 38.1 Å². The fraction of sp³-hybridized carbons (Fsp3) is 0.524. The predicted octanol–water partition coefficient (Wildman–Crippen LogP) is 3.87. The van der Waals surface area contributed by atoms with Crippen molar-refractivity contribution in [3.05, 3.63) is 52.4 Å². The number of hydrogen-bond acceptors (Lipinski definition) is 3. The Morgan fingerprint density at radius 3 is 2.36 bits per heavy atom. The summed E-state index contributed by atoms with van der Waals surface area (Å²) in [5, 5.41) is 4.45. The molecule has 0 amide bonds. The molecule has 1 fully saturated rings. The van der Waals surface area contributed by atoms with Gasteiger partial charge in [-0.3, -0.25) is 4.79 Å². The van der Waals surface area contributed by atoms with Crippen molar-refractivity contribution in [3.8, 4) is 11.1 Å². The number of aryl methyl sites for hydroxylation is 2. The summed E-state index contributed by atoms with van der Waals surface area (Å²) >= 11 is 0. The van der Waals surface area contributed by atoms with Crippen molar-refractivity contribution in [2.24, 2.45) is 0 Å². The Labute approximate surface area is 150 Å². The maximum Gasteiger partial charge on any atom is 0.274 e. The standard InChI is InChI=1S/C21H29N3O/c1-18-17-20(19-11-5-4-6-12-19)21(25)24(22-18)16-10-9-15-23-13-7-2-3-8-14-23/h4-6,11-12,17H,2-3,7-10,13-16H2,1H3. The van der Waals surface area contributed by atoms with E-state index in [9.17, 15) is 4.79 Å². The molecule has 1 aromatic heterocycles. The molecule has 0 unspecified atom stereocenters. The minimum absolute atomic E-state index is 0.0200. The predicted molar refractivity (Wildman–Crippen MR) is 103 cm³/mol. The van der Waals surface area contributed by atoms with Crippen molar-refractivity contribution >= 4 is 0 Å². The van der Waals surface area contributed by atoms with Crippen LogP contribution in [0.1, 0.15) is 44.2 Å². The molecule has 4 nitrogen and oxygen atoms in total. The molecule has 0 bridgehead atoms. The van der Waals surface area contributed by atoms with E-state index in [2.05, 4.69) is 10.00 Å². The van der Waals surface area contributed by atoms with Gasteiger partial charge in [0.15, 0.2) is 0 Å². The molecule has 3 rings (SSSR count). The average Bonchev–Trinajstić information content (AvgIpc) is 2.90. The maximum absolute atomic E-state index is 12.8.